The number of phenols is 1. The van der Waals surface area contributed by atoms with Gasteiger partial charge in [0, 0.05) is 16.1 Å². The van der Waals surface area contributed by atoms with Gasteiger partial charge in [0.1, 0.15) is 0 Å². The van der Waals surface area contributed by atoms with E-state index < -0.39 is 0 Å². The molecule has 1 aromatic carbocycles. The van der Waals surface area contributed by atoms with Gasteiger partial charge in [0.2, 0.25) is 0 Å². The average Bonchev–Trinajstić information content (AvgIpc) is 2.35. The number of rotatable bonds is 2. The quantitative estimate of drug-likeness (QED) is 0.880. The Morgan fingerprint density at radius 2 is 2.24 bits per heavy atom. The molecule has 1 heterocycles. The Kier molecular flexibility index (Phi) is 3.94. The van der Waals surface area contributed by atoms with Gasteiger partial charge in [-0.15, -0.1) is 0 Å². The number of phenolic OH excluding ortho intramolecular Hbond substituents is 1. The number of halogens is 1. The zero-order chi connectivity index (χ0) is 12.4. The fourth-order valence-electron chi connectivity index (χ4n) is 2.41. The minimum absolute atomic E-state index is 0.232. The standard InChI is InChI=1S/C13H18BrNO2/c1-8-9(14)7-11(17-2)13(16)12(8)10-5-3-4-6-15-10/h7,10,15-16H,3-6H2,1-2H3. The highest BCUT2D eigenvalue weighted by atomic mass is 79.9. The second-order valence-corrected chi connectivity index (χ2v) is 5.30. The van der Waals surface area contributed by atoms with Gasteiger partial charge in [-0.25, -0.2) is 0 Å². The molecule has 94 valence electrons. The highest BCUT2D eigenvalue weighted by molar-refractivity contribution is 9.10. The van der Waals surface area contributed by atoms with Crippen molar-refractivity contribution in [2.75, 3.05) is 13.7 Å². The number of aromatic hydroxyl groups is 1. The molecule has 17 heavy (non-hydrogen) atoms. The summed E-state index contributed by atoms with van der Waals surface area (Å²) < 4.78 is 6.19. The van der Waals surface area contributed by atoms with Crippen molar-refractivity contribution in [2.24, 2.45) is 0 Å². The molecule has 4 heteroatoms. The Labute approximate surface area is 110 Å². The van der Waals surface area contributed by atoms with Crippen molar-refractivity contribution >= 4 is 15.9 Å². The predicted octanol–water partition coefficient (Wildman–Crippen LogP) is 3.29. The third kappa shape index (κ3) is 2.43. The molecule has 3 nitrogen and oxygen atoms in total. The lowest BCUT2D eigenvalue weighted by Gasteiger charge is -2.27. The van der Waals surface area contributed by atoms with Crippen molar-refractivity contribution in [1.29, 1.82) is 0 Å². The predicted molar refractivity (Wildman–Crippen MR) is 71.7 cm³/mol. The van der Waals surface area contributed by atoms with Crippen LogP contribution in [0, 0.1) is 6.92 Å². The Bertz CT molecular complexity index is 414. The van der Waals surface area contributed by atoms with Crippen LogP contribution in [0.25, 0.3) is 0 Å². The zero-order valence-corrected chi connectivity index (χ0v) is 11.8. The monoisotopic (exact) mass is 299 g/mol. The highest BCUT2D eigenvalue weighted by Gasteiger charge is 2.23. The van der Waals surface area contributed by atoms with Gasteiger partial charge in [-0.2, -0.15) is 0 Å². The number of hydrogen-bond acceptors (Lipinski definition) is 3. The highest BCUT2D eigenvalue weighted by Crippen LogP contribution is 2.42. The molecule has 0 bridgehead atoms. The van der Waals surface area contributed by atoms with Gasteiger partial charge in [-0.3, -0.25) is 0 Å². The van der Waals surface area contributed by atoms with Crippen molar-refractivity contribution in [3.05, 3.63) is 21.7 Å². The SMILES string of the molecule is COc1cc(Br)c(C)c(C2CCCCN2)c1O. The van der Waals surface area contributed by atoms with Gasteiger partial charge in [0.25, 0.3) is 0 Å². The fourth-order valence-corrected chi connectivity index (χ4v) is 2.83. The molecule has 2 N–H and O–H groups in total. The second kappa shape index (κ2) is 5.27. The summed E-state index contributed by atoms with van der Waals surface area (Å²) in [5, 5.41) is 13.7. The molecule has 1 saturated heterocycles. The van der Waals surface area contributed by atoms with Gasteiger partial charge < -0.3 is 15.2 Å². The lowest BCUT2D eigenvalue weighted by Crippen LogP contribution is -2.27. The topological polar surface area (TPSA) is 41.5 Å². The van der Waals surface area contributed by atoms with Crippen molar-refractivity contribution in [3.63, 3.8) is 0 Å². The molecule has 2 rings (SSSR count). The first kappa shape index (κ1) is 12.7. The van der Waals surface area contributed by atoms with Crippen LogP contribution in [0.4, 0.5) is 0 Å². The Morgan fingerprint density at radius 1 is 1.47 bits per heavy atom. The lowest BCUT2D eigenvalue weighted by molar-refractivity contribution is 0.353. The number of hydrogen-bond donors (Lipinski definition) is 2. The third-order valence-electron chi connectivity index (χ3n) is 3.39. The minimum Gasteiger partial charge on any atom is -0.504 e. The number of benzene rings is 1. The molecule has 1 aliphatic rings. The molecule has 1 aromatic rings. The van der Waals surface area contributed by atoms with Gasteiger partial charge >= 0.3 is 0 Å². The molecule has 0 saturated carbocycles. The minimum atomic E-state index is 0.232. The van der Waals surface area contributed by atoms with E-state index in [4.69, 9.17) is 4.74 Å². The molecule has 0 amide bonds. The van der Waals surface area contributed by atoms with Crippen LogP contribution in [-0.2, 0) is 0 Å². The van der Waals surface area contributed by atoms with Crippen LogP contribution in [0.3, 0.4) is 0 Å². The summed E-state index contributed by atoms with van der Waals surface area (Å²) in [6, 6.07) is 2.05. The van der Waals surface area contributed by atoms with Gasteiger partial charge in [0.05, 0.1) is 7.11 Å². The molecule has 0 aliphatic carbocycles. The zero-order valence-electron chi connectivity index (χ0n) is 10.2. The first-order valence-corrected chi connectivity index (χ1v) is 6.73. The van der Waals surface area contributed by atoms with E-state index in [2.05, 4.69) is 21.2 Å². The van der Waals surface area contributed by atoms with E-state index in [0.717, 1.165) is 28.6 Å². The van der Waals surface area contributed by atoms with Crippen LogP contribution >= 0.6 is 15.9 Å². The van der Waals surface area contributed by atoms with E-state index in [1.54, 1.807) is 7.11 Å². The first-order chi connectivity index (χ1) is 8.15. The Balaban J connectivity index is 2.46. The summed E-state index contributed by atoms with van der Waals surface area (Å²) in [7, 11) is 1.58. The number of ether oxygens (including phenoxy) is 1. The summed E-state index contributed by atoms with van der Waals surface area (Å²) in [4.78, 5) is 0. The van der Waals surface area contributed by atoms with E-state index in [-0.39, 0.29) is 11.8 Å². The van der Waals surface area contributed by atoms with Crippen molar-refractivity contribution in [1.82, 2.24) is 5.32 Å². The van der Waals surface area contributed by atoms with Gasteiger partial charge in [-0.05, 0) is 37.9 Å². The van der Waals surface area contributed by atoms with Crippen LogP contribution in [0.2, 0.25) is 0 Å². The van der Waals surface area contributed by atoms with Crippen molar-refractivity contribution < 1.29 is 9.84 Å². The fraction of sp³-hybridized carbons (Fsp3) is 0.538. The van der Waals surface area contributed by atoms with E-state index >= 15 is 0 Å². The molecule has 0 spiro atoms. The summed E-state index contributed by atoms with van der Waals surface area (Å²) in [6.45, 7) is 3.03. The third-order valence-corrected chi connectivity index (χ3v) is 4.21. The molecule has 0 aromatic heterocycles. The molecule has 1 fully saturated rings. The maximum atomic E-state index is 10.3. The molecular formula is C13H18BrNO2. The van der Waals surface area contributed by atoms with E-state index in [9.17, 15) is 5.11 Å². The van der Waals surface area contributed by atoms with Crippen LogP contribution in [0.1, 0.15) is 36.4 Å². The number of nitrogens with one attached hydrogen (secondary N) is 1. The average molecular weight is 300 g/mol. The lowest BCUT2D eigenvalue weighted by atomic mass is 9.93. The maximum Gasteiger partial charge on any atom is 0.162 e. The normalized spacial score (nSPS) is 20.3. The van der Waals surface area contributed by atoms with E-state index in [0.29, 0.717) is 5.75 Å². The van der Waals surface area contributed by atoms with Crippen molar-refractivity contribution in [3.8, 4) is 11.5 Å². The van der Waals surface area contributed by atoms with E-state index in [1.807, 2.05) is 13.0 Å². The number of methoxy groups -OCH3 is 1. The van der Waals surface area contributed by atoms with Crippen molar-refractivity contribution in [2.45, 2.75) is 32.2 Å². The Morgan fingerprint density at radius 3 is 2.82 bits per heavy atom. The summed E-state index contributed by atoms with van der Waals surface area (Å²) in [6.07, 6.45) is 3.47. The largest absolute Gasteiger partial charge is 0.504 e. The van der Waals surface area contributed by atoms with Crippen LogP contribution < -0.4 is 10.1 Å². The van der Waals surface area contributed by atoms with E-state index in [1.165, 1.54) is 12.8 Å². The molecular weight excluding hydrogens is 282 g/mol. The second-order valence-electron chi connectivity index (χ2n) is 4.45. The van der Waals surface area contributed by atoms with Gasteiger partial charge in [0.15, 0.2) is 11.5 Å². The maximum absolute atomic E-state index is 10.3. The van der Waals surface area contributed by atoms with Crippen LogP contribution in [-0.4, -0.2) is 18.8 Å². The van der Waals surface area contributed by atoms with Crippen LogP contribution in [0.15, 0.2) is 10.5 Å². The molecule has 1 unspecified atom stereocenters. The van der Waals surface area contributed by atoms with Gasteiger partial charge in [-0.1, -0.05) is 22.4 Å². The molecule has 0 radical (unpaired) electrons. The number of piperidine rings is 1. The van der Waals surface area contributed by atoms with Crippen LogP contribution in [0.5, 0.6) is 11.5 Å². The first-order valence-electron chi connectivity index (χ1n) is 5.94. The smallest absolute Gasteiger partial charge is 0.162 e. The molecule has 1 atom stereocenters. The summed E-state index contributed by atoms with van der Waals surface area (Å²) in [5.74, 6) is 0.803. The summed E-state index contributed by atoms with van der Waals surface area (Å²) in [5.41, 5.74) is 2.05. The molecule has 1 aliphatic heterocycles. The Hall–Kier alpha value is -0.740. The summed E-state index contributed by atoms with van der Waals surface area (Å²) >= 11 is 3.52.